The van der Waals surface area contributed by atoms with Gasteiger partial charge in [-0.15, -0.1) is 0 Å². The SMILES string of the molecule is CCN(c1cc(-c2ccc(CN3CCOCC3)cc2)cc(C(=O)NCc2c(=O)[nH]cc3cc(C)ccc23)c1C)C1CCOCC1. The molecule has 0 spiro atoms. The maximum atomic E-state index is 14.0. The molecular formula is C37H44N4O4. The number of rotatable bonds is 9. The molecule has 2 aliphatic heterocycles. The first kappa shape index (κ1) is 31.0. The Kier molecular flexibility index (Phi) is 9.64. The summed E-state index contributed by atoms with van der Waals surface area (Å²) in [7, 11) is 0. The number of aryl methyl sites for hydroxylation is 1. The highest BCUT2D eigenvalue weighted by Gasteiger charge is 2.25. The Morgan fingerprint density at radius 3 is 2.42 bits per heavy atom. The van der Waals surface area contributed by atoms with Gasteiger partial charge in [0.1, 0.15) is 0 Å². The number of aromatic nitrogens is 1. The standard InChI is InChI=1S/C37H44N4O4/c1-4-41(31-11-15-44-16-12-31)35-21-29(28-8-6-27(7-9-28)24-40-13-17-45-18-14-40)20-33(26(35)3)36(42)39-23-34-32-10-5-25(2)19-30(32)22-38-37(34)43/h5-10,19-22,31H,4,11-18,23-24H2,1-3H3,(H,38,43)(H,39,42). The average molecular weight is 609 g/mol. The smallest absolute Gasteiger partial charge is 0.253 e. The van der Waals surface area contributed by atoms with Crippen molar-refractivity contribution in [2.24, 2.45) is 0 Å². The number of carbonyl (C=O) groups excluding carboxylic acids is 1. The van der Waals surface area contributed by atoms with Crippen molar-refractivity contribution in [3.8, 4) is 11.1 Å². The van der Waals surface area contributed by atoms with E-state index in [4.69, 9.17) is 9.47 Å². The summed E-state index contributed by atoms with van der Waals surface area (Å²) in [6, 6.07) is 19.3. The van der Waals surface area contributed by atoms with E-state index in [9.17, 15) is 9.59 Å². The molecule has 8 heteroatoms. The van der Waals surface area contributed by atoms with Gasteiger partial charge in [0.15, 0.2) is 0 Å². The zero-order valence-electron chi connectivity index (χ0n) is 26.7. The summed E-state index contributed by atoms with van der Waals surface area (Å²) in [4.78, 5) is 34.5. The van der Waals surface area contributed by atoms with Gasteiger partial charge in [-0.05, 0) is 84.8 Å². The Morgan fingerprint density at radius 2 is 1.69 bits per heavy atom. The summed E-state index contributed by atoms with van der Waals surface area (Å²) in [5, 5.41) is 4.89. The summed E-state index contributed by atoms with van der Waals surface area (Å²) >= 11 is 0. The second-order valence-corrected chi connectivity index (χ2v) is 12.3. The van der Waals surface area contributed by atoms with Crippen LogP contribution in [0.15, 0.2) is 65.6 Å². The lowest BCUT2D eigenvalue weighted by Gasteiger charge is -2.37. The largest absolute Gasteiger partial charge is 0.381 e. The molecule has 0 radical (unpaired) electrons. The van der Waals surface area contributed by atoms with Gasteiger partial charge in [-0.3, -0.25) is 14.5 Å². The van der Waals surface area contributed by atoms with Crippen LogP contribution in [0.5, 0.6) is 0 Å². The van der Waals surface area contributed by atoms with E-state index in [1.54, 1.807) is 6.20 Å². The molecule has 1 aromatic heterocycles. The van der Waals surface area contributed by atoms with Crippen molar-refractivity contribution in [1.82, 2.24) is 15.2 Å². The molecule has 6 rings (SSSR count). The van der Waals surface area contributed by atoms with E-state index >= 15 is 0 Å². The molecule has 3 heterocycles. The monoisotopic (exact) mass is 608 g/mol. The lowest BCUT2D eigenvalue weighted by atomic mass is 9.94. The summed E-state index contributed by atoms with van der Waals surface area (Å²) < 4.78 is 11.2. The Morgan fingerprint density at radius 1 is 0.956 bits per heavy atom. The fourth-order valence-electron chi connectivity index (χ4n) is 6.71. The molecule has 2 fully saturated rings. The predicted molar refractivity (Wildman–Crippen MR) is 180 cm³/mol. The lowest BCUT2D eigenvalue weighted by molar-refractivity contribution is 0.0342. The summed E-state index contributed by atoms with van der Waals surface area (Å²) in [5.41, 5.74) is 7.46. The van der Waals surface area contributed by atoms with Gasteiger partial charge in [-0.2, -0.15) is 0 Å². The van der Waals surface area contributed by atoms with Crippen molar-refractivity contribution in [1.29, 1.82) is 0 Å². The molecule has 2 N–H and O–H groups in total. The predicted octanol–water partition coefficient (Wildman–Crippen LogP) is 5.58. The zero-order valence-corrected chi connectivity index (χ0v) is 26.7. The number of carbonyl (C=O) groups is 1. The zero-order chi connectivity index (χ0) is 31.3. The van der Waals surface area contributed by atoms with Gasteiger partial charge in [0, 0.05) is 75.0 Å². The molecule has 0 aliphatic carbocycles. The number of benzene rings is 3. The number of hydrogen-bond donors (Lipinski definition) is 2. The third-order valence-electron chi connectivity index (χ3n) is 9.29. The highest BCUT2D eigenvalue weighted by Crippen LogP contribution is 2.34. The van der Waals surface area contributed by atoms with Gasteiger partial charge in [0.05, 0.1) is 13.2 Å². The van der Waals surface area contributed by atoms with Gasteiger partial charge in [0.25, 0.3) is 11.5 Å². The highest BCUT2D eigenvalue weighted by atomic mass is 16.5. The van der Waals surface area contributed by atoms with E-state index in [0.717, 1.165) is 104 Å². The number of H-pyrrole nitrogens is 1. The van der Waals surface area contributed by atoms with Crippen LogP contribution in [0.2, 0.25) is 0 Å². The second kappa shape index (κ2) is 14.0. The molecule has 4 aromatic rings. The number of nitrogens with zero attached hydrogens (tertiary/aromatic N) is 2. The Labute approximate surface area is 265 Å². The van der Waals surface area contributed by atoms with Crippen molar-refractivity contribution >= 4 is 22.4 Å². The van der Waals surface area contributed by atoms with Crippen molar-refractivity contribution in [2.75, 3.05) is 51.0 Å². The molecule has 2 saturated heterocycles. The van der Waals surface area contributed by atoms with E-state index in [1.165, 1.54) is 5.56 Å². The molecule has 8 nitrogen and oxygen atoms in total. The minimum Gasteiger partial charge on any atom is -0.381 e. The number of morpholine rings is 1. The number of fused-ring (bicyclic) bond motifs is 1. The first-order chi connectivity index (χ1) is 21.9. The first-order valence-corrected chi connectivity index (χ1v) is 16.2. The topological polar surface area (TPSA) is 86.9 Å². The van der Waals surface area contributed by atoms with E-state index < -0.39 is 0 Å². The van der Waals surface area contributed by atoms with Crippen LogP contribution >= 0.6 is 0 Å². The van der Waals surface area contributed by atoms with Crippen LogP contribution in [-0.4, -0.2) is 67.9 Å². The Balaban J connectivity index is 1.32. The van der Waals surface area contributed by atoms with Gasteiger partial charge in [-0.1, -0.05) is 42.0 Å². The third-order valence-corrected chi connectivity index (χ3v) is 9.29. The van der Waals surface area contributed by atoms with E-state index in [0.29, 0.717) is 17.2 Å². The molecule has 2 aliphatic rings. The van der Waals surface area contributed by atoms with Crippen LogP contribution in [0.3, 0.4) is 0 Å². The number of pyridine rings is 1. The summed E-state index contributed by atoms with van der Waals surface area (Å²) in [5.74, 6) is -0.189. The fraction of sp³-hybridized carbons (Fsp3) is 0.405. The van der Waals surface area contributed by atoms with Crippen molar-refractivity contribution in [3.05, 3.63) is 99.0 Å². The molecule has 1 amide bonds. The van der Waals surface area contributed by atoms with Crippen molar-refractivity contribution < 1.29 is 14.3 Å². The second-order valence-electron chi connectivity index (χ2n) is 12.3. The van der Waals surface area contributed by atoms with Crippen LogP contribution in [0, 0.1) is 13.8 Å². The number of nitrogens with one attached hydrogen (secondary N) is 2. The molecule has 0 unspecified atom stereocenters. The van der Waals surface area contributed by atoms with Crippen LogP contribution in [-0.2, 0) is 22.6 Å². The lowest BCUT2D eigenvalue weighted by Crippen LogP contribution is -2.40. The molecule has 236 valence electrons. The maximum Gasteiger partial charge on any atom is 0.253 e. The molecule has 0 atom stereocenters. The normalized spacial score (nSPS) is 16.2. The number of hydrogen-bond acceptors (Lipinski definition) is 6. The number of anilines is 1. The first-order valence-electron chi connectivity index (χ1n) is 16.2. The van der Waals surface area contributed by atoms with Gasteiger partial charge in [0.2, 0.25) is 0 Å². The number of aromatic amines is 1. The minimum atomic E-state index is -0.189. The minimum absolute atomic E-state index is 0.140. The van der Waals surface area contributed by atoms with Crippen molar-refractivity contribution in [3.63, 3.8) is 0 Å². The Hall–Kier alpha value is -3.98. The van der Waals surface area contributed by atoms with E-state index in [2.05, 4.69) is 57.4 Å². The van der Waals surface area contributed by atoms with E-state index in [-0.39, 0.29) is 18.0 Å². The molecule has 0 bridgehead atoms. The number of amides is 1. The molecule has 3 aromatic carbocycles. The van der Waals surface area contributed by atoms with Gasteiger partial charge < -0.3 is 24.7 Å². The van der Waals surface area contributed by atoms with Crippen LogP contribution in [0.4, 0.5) is 5.69 Å². The molecule has 45 heavy (non-hydrogen) atoms. The highest BCUT2D eigenvalue weighted by molar-refractivity contribution is 5.99. The molecule has 0 saturated carbocycles. The van der Waals surface area contributed by atoms with Gasteiger partial charge in [-0.25, -0.2) is 0 Å². The number of ether oxygens (including phenoxy) is 2. The third kappa shape index (κ3) is 6.98. The van der Waals surface area contributed by atoms with Crippen LogP contribution in [0.1, 0.15) is 52.4 Å². The van der Waals surface area contributed by atoms with Gasteiger partial charge >= 0.3 is 0 Å². The summed E-state index contributed by atoms with van der Waals surface area (Å²) in [6.45, 7) is 13.1. The maximum absolute atomic E-state index is 14.0. The van der Waals surface area contributed by atoms with E-state index in [1.807, 2.05) is 38.1 Å². The van der Waals surface area contributed by atoms with Crippen molar-refractivity contribution in [2.45, 2.75) is 52.7 Å². The quantitative estimate of drug-likeness (QED) is 0.258. The Bertz CT molecular complexity index is 1700. The molecular weight excluding hydrogens is 564 g/mol. The summed E-state index contributed by atoms with van der Waals surface area (Å²) in [6.07, 6.45) is 3.65. The fourth-order valence-corrected chi connectivity index (χ4v) is 6.71. The average Bonchev–Trinajstić information content (AvgIpc) is 3.06. The van der Waals surface area contributed by atoms with Crippen LogP contribution in [0.25, 0.3) is 21.9 Å². The van der Waals surface area contributed by atoms with Crippen LogP contribution < -0.4 is 15.8 Å².